The minimum atomic E-state index is -4.92. The summed E-state index contributed by atoms with van der Waals surface area (Å²) in [5.74, 6) is -1.28. The van der Waals surface area contributed by atoms with E-state index < -0.39 is 56.0 Å². The molecule has 11 heteroatoms. The van der Waals surface area contributed by atoms with Gasteiger partial charge in [0.25, 0.3) is 11.6 Å². The zero-order valence-corrected chi connectivity index (χ0v) is 15.0. The molecule has 0 saturated carbocycles. The van der Waals surface area contributed by atoms with Gasteiger partial charge in [-0.2, -0.15) is 13.2 Å². The number of rotatable bonds is 5. The van der Waals surface area contributed by atoms with Gasteiger partial charge in [0, 0.05) is 18.8 Å². The lowest BCUT2D eigenvalue weighted by Crippen LogP contribution is -2.30. The van der Waals surface area contributed by atoms with Gasteiger partial charge in [0.1, 0.15) is 16.9 Å². The third-order valence-electron chi connectivity index (χ3n) is 4.35. The molecule has 0 bridgehead atoms. The molecular formula is C19H13F4N3O4. The van der Waals surface area contributed by atoms with E-state index in [-0.39, 0.29) is 6.54 Å². The van der Waals surface area contributed by atoms with Crippen LogP contribution in [-0.2, 0) is 12.6 Å². The molecule has 0 aliphatic rings. The average Bonchev–Trinajstić information content (AvgIpc) is 2.68. The quantitative estimate of drug-likeness (QED) is 0.372. The molecule has 0 aliphatic carbocycles. The fraction of sp³-hybridized carbons (Fsp3) is 0.158. The maximum absolute atomic E-state index is 13.1. The van der Waals surface area contributed by atoms with Gasteiger partial charge in [-0.05, 0) is 30.2 Å². The molecule has 0 spiro atoms. The number of nitrogens with zero attached hydrogens (tertiary/aromatic N) is 1. The molecule has 0 fully saturated rings. The lowest BCUT2D eigenvalue weighted by atomic mass is 10.1. The molecular weight excluding hydrogens is 410 g/mol. The SMILES string of the molecule is O=C(NCCc1ccc(F)cc1)c1c[nH]c2c([N+](=O)[O-])cc(C(F)(F)F)cc2c1=O. The lowest BCUT2D eigenvalue weighted by Gasteiger charge is -2.10. The molecule has 1 aromatic heterocycles. The van der Waals surface area contributed by atoms with Gasteiger partial charge in [-0.1, -0.05) is 12.1 Å². The van der Waals surface area contributed by atoms with Gasteiger partial charge in [0.05, 0.1) is 15.9 Å². The Hall–Kier alpha value is -3.76. The van der Waals surface area contributed by atoms with Crippen molar-refractivity contribution in [1.29, 1.82) is 0 Å². The number of nitro groups is 1. The molecule has 2 N–H and O–H groups in total. The Bertz CT molecular complexity index is 1190. The predicted octanol–water partition coefficient (Wildman–Crippen LogP) is 3.57. The number of hydrogen-bond acceptors (Lipinski definition) is 4. The van der Waals surface area contributed by atoms with Gasteiger partial charge in [-0.25, -0.2) is 4.39 Å². The van der Waals surface area contributed by atoms with Crippen LogP contribution in [0.15, 0.2) is 47.4 Å². The summed E-state index contributed by atoms with van der Waals surface area (Å²) in [6.07, 6.45) is -3.68. The van der Waals surface area contributed by atoms with E-state index in [1.165, 1.54) is 24.3 Å². The molecule has 1 amide bonds. The summed E-state index contributed by atoms with van der Waals surface area (Å²) in [6.45, 7) is 0.0741. The number of hydrogen-bond donors (Lipinski definition) is 2. The van der Waals surface area contributed by atoms with Gasteiger partial charge >= 0.3 is 6.18 Å². The summed E-state index contributed by atoms with van der Waals surface area (Å²) in [7, 11) is 0. The summed E-state index contributed by atoms with van der Waals surface area (Å²) >= 11 is 0. The minimum absolute atomic E-state index is 0.0741. The van der Waals surface area contributed by atoms with Crippen molar-refractivity contribution in [1.82, 2.24) is 10.3 Å². The molecule has 1 heterocycles. The first kappa shape index (κ1) is 21.0. The Morgan fingerprint density at radius 3 is 2.43 bits per heavy atom. The number of carbonyl (C=O) groups excluding carboxylic acids is 1. The fourth-order valence-electron chi connectivity index (χ4n) is 2.86. The monoisotopic (exact) mass is 423 g/mol. The van der Waals surface area contributed by atoms with Crippen molar-refractivity contribution in [3.8, 4) is 0 Å². The summed E-state index contributed by atoms with van der Waals surface area (Å²) in [4.78, 5) is 37.4. The van der Waals surface area contributed by atoms with Gasteiger partial charge in [-0.3, -0.25) is 19.7 Å². The standard InChI is InChI=1S/C19H13F4N3O4/c20-12-3-1-10(2-4-12)5-6-24-18(28)14-9-25-16-13(17(14)27)7-11(19(21,22)23)8-15(16)26(29)30/h1-4,7-9H,5-6H2,(H,24,28)(H,25,27). The highest BCUT2D eigenvalue weighted by molar-refractivity contribution is 5.98. The third kappa shape index (κ3) is 4.29. The van der Waals surface area contributed by atoms with Gasteiger partial charge < -0.3 is 10.3 Å². The van der Waals surface area contributed by atoms with Gasteiger partial charge in [-0.15, -0.1) is 0 Å². The first-order valence-corrected chi connectivity index (χ1v) is 8.51. The van der Waals surface area contributed by atoms with Crippen molar-refractivity contribution in [2.45, 2.75) is 12.6 Å². The van der Waals surface area contributed by atoms with Crippen LogP contribution < -0.4 is 10.7 Å². The number of H-pyrrole nitrogens is 1. The zero-order chi connectivity index (χ0) is 22.1. The van der Waals surface area contributed by atoms with E-state index in [0.29, 0.717) is 18.6 Å². The summed E-state index contributed by atoms with van der Waals surface area (Å²) < 4.78 is 52.1. The van der Waals surface area contributed by atoms with Gasteiger partial charge in [0.15, 0.2) is 0 Å². The number of aromatic amines is 1. The van der Waals surface area contributed by atoms with Crippen LogP contribution in [0.2, 0.25) is 0 Å². The van der Waals surface area contributed by atoms with E-state index in [0.717, 1.165) is 11.8 Å². The van der Waals surface area contributed by atoms with Crippen LogP contribution in [0.1, 0.15) is 21.5 Å². The second kappa shape index (κ2) is 7.93. The van der Waals surface area contributed by atoms with E-state index in [1.807, 2.05) is 0 Å². The first-order chi connectivity index (χ1) is 14.1. The van der Waals surface area contributed by atoms with Crippen LogP contribution >= 0.6 is 0 Å². The van der Waals surface area contributed by atoms with Crippen LogP contribution in [0.5, 0.6) is 0 Å². The number of fused-ring (bicyclic) bond motifs is 1. The van der Waals surface area contributed by atoms with Crippen LogP contribution in [0.4, 0.5) is 23.2 Å². The number of benzene rings is 2. The zero-order valence-electron chi connectivity index (χ0n) is 15.0. The van der Waals surface area contributed by atoms with E-state index in [1.54, 1.807) is 0 Å². The molecule has 0 saturated heterocycles. The Labute approximate surface area is 165 Å². The molecule has 0 radical (unpaired) electrons. The van der Waals surface area contributed by atoms with Crippen molar-refractivity contribution >= 4 is 22.5 Å². The maximum atomic E-state index is 13.1. The molecule has 156 valence electrons. The number of nitrogens with one attached hydrogen (secondary N) is 2. The maximum Gasteiger partial charge on any atom is 0.416 e. The number of non-ortho nitro benzene ring substituents is 1. The highest BCUT2D eigenvalue weighted by atomic mass is 19.4. The number of amides is 1. The number of carbonyl (C=O) groups is 1. The number of nitro benzene ring substituents is 1. The molecule has 0 atom stereocenters. The van der Waals surface area contributed by atoms with Crippen LogP contribution in [0, 0.1) is 15.9 Å². The largest absolute Gasteiger partial charge is 0.416 e. The highest BCUT2D eigenvalue weighted by Gasteiger charge is 2.34. The fourth-order valence-corrected chi connectivity index (χ4v) is 2.86. The van der Waals surface area contributed by atoms with Crippen LogP contribution in [-0.4, -0.2) is 22.4 Å². The lowest BCUT2D eigenvalue weighted by molar-refractivity contribution is -0.383. The Balaban J connectivity index is 1.91. The number of aromatic nitrogens is 1. The Kier molecular flexibility index (Phi) is 5.54. The number of halogens is 4. The number of alkyl halides is 3. The second-order valence-electron chi connectivity index (χ2n) is 6.34. The van der Waals surface area contributed by atoms with E-state index in [2.05, 4.69) is 10.3 Å². The average molecular weight is 423 g/mol. The molecule has 30 heavy (non-hydrogen) atoms. The molecule has 3 aromatic rings. The Morgan fingerprint density at radius 2 is 1.83 bits per heavy atom. The Morgan fingerprint density at radius 1 is 1.17 bits per heavy atom. The molecule has 0 unspecified atom stereocenters. The van der Waals surface area contributed by atoms with Crippen LogP contribution in [0.25, 0.3) is 10.9 Å². The highest BCUT2D eigenvalue weighted by Crippen LogP contribution is 2.34. The van der Waals surface area contributed by atoms with Gasteiger partial charge in [0.2, 0.25) is 5.43 Å². The summed E-state index contributed by atoms with van der Waals surface area (Å²) in [5, 5.41) is 13.0. The third-order valence-corrected chi connectivity index (χ3v) is 4.35. The van der Waals surface area contributed by atoms with E-state index in [9.17, 15) is 37.3 Å². The predicted molar refractivity (Wildman–Crippen MR) is 98.7 cm³/mol. The molecule has 0 aliphatic heterocycles. The molecule has 2 aromatic carbocycles. The summed E-state index contributed by atoms with van der Waals surface area (Å²) in [5.41, 5.74) is -3.57. The molecule has 7 nitrogen and oxygen atoms in total. The van der Waals surface area contributed by atoms with Crippen LogP contribution in [0.3, 0.4) is 0 Å². The normalized spacial score (nSPS) is 11.5. The van der Waals surface area contributed by atoms with Crippen molar-refractivity contribution in [2.75, 3.05) is 6.54 Å². The minimum Gasteiger partial charge on any atom is -0.355 e. The first-order valence-electron chi connectivity index (χ1n) is 8.51. The van der Waals surface area contributed by atoms with Crippen molar-refractivity contribution in [3.05, 3.63) is 85.4 Å². The second-order valence-corrected chi connectivity index (χ2v) is 6.34. The van der Waals surface area contributed by atoms with Crippen molar-refractivity contribution < 1.29 is 27.3 Å². The van der Waals surface area contributed by atoms with E-state index >= 15 is 0 Å². The smallest absolute Gasteiger partial charge is 0.355 e. The van der Waals surface area contributed by atoms with Crippen molar-refractivity contribution in [2.24, 2.45) is 0 Å². The van der Waals surface area contributed by atoms with E-state index in [4.69, 9.17) is 0 Å². The molecule has 3 rings (SSSR count). The number of pyridine rings is 1. The topological polar surface area (TPSA) is 105 Å². The van der Waals surface area contributed by atoms with Crippen molar-refractivity contribution in [3.63, 3.8) is 0 Å². The summed E-state index contributed by atoms with van der Waals surface area (Å²) in [6, 6.07) is 6.31.